The Bertz CT molecular complexity index is 321. The van der Waals surface area contributed by atoms with E-state index in [9.17, 15) is 5.11 Å². The topological polar surface area (TPSA) is 36.4 Å². The summed E-state index contributed by atoms with van der Waals surface area (Å²) < 4.78 is 0. The average molecular weight is 236 g/mol. The molecule has 1 heterocycles. The summed E-state index contributed by atoms with van der Waals surface area (Å²) >= 11 is 0. The molecule has 1 aromatic rings. The van der Waals surface area contributed by atoms with Gasteiger partial charge in [-0.3, -0.25) is 4.98 Å². The average Bonchev–Trinajstić information content (AvgIpc) is 2.35. The number of pyridine rings is 1. The monoisotopic (exact) mass is 236 g/mol. The molecule has 1 N–H and O–H groups in total. The van der Waals surface area contributed by atoms with Crippen LogP contribution in [0.5, 0.6) is 0 Å². The van der Waals surface area contributed by atoms with Crippen molar-refractivity contribution in [3.8, 4) is 0 Å². The Morgan fingerprint density at radius 2 is 2.00 bits per heavy atom. The second-order valence-electron chi connectivity index (χ2n) is 4.80. The Labute approximate surface area is 104 Å². The van der Waals surface area contributed by atoms with Gasteiger partial charge < -0.3 is 10.0 Å². The Balaban J connectivity index is 2.77. The normalized spacial score (nSPS) is 12.8. The van der Waals surface area contributed by atoms with Gasteiger partial charge in [0, 0.05) is 13.1 Å². The van der Waals surface area contributed by atoms with Gasteiger partial charge in [-0.25, -0.2) is 0 Å². The van der Waals surface area contributed by atoms with Gasteiger partial charge in [-0.05, 0) is 31.4 Å². The van der Waals surface area contributed by atoms with E-state index in [2.05, 4.69) is 30.7 Å². The summed E-state index contributed by atoms with van der Waals surface area (Å²) in [6, 6.07) is 3.97. The van der Waals surface area contributed by atoms with Gasteiger partial charge in [0.15, 0.2) is 0 Å². The molecule has 0 spiro atoms. The maximum Gasteiger partial charge on any atom is 0.0957 e. The van der Waals surface area contributed by atoms with E-state index in [4.69, 9.17) is 0 Å². The second-order valence-corrected chi connectivity index (χ2v) is 4.80. The summed E-state index contributed by atoms with van der Waals surface area (Å²) in [5.41, 5.74) is 1.89. The Kier molecular flexibility index (Phi) is 5.42. The highest BCUT2D eigenvalue weighted by Gasteiger charge is 2.09. The molecule has 0 aliphatic carbocycles. The maximum absolute atomic E-state index is 9.69. The van der Waals surface area contributed by atoms with Gasteiger partial charge in [0.2, 0.25) is 0 Å². The van der Waals surface area contributed by atoms with E-state index in [-0.39, 0.29) is 0 Å². The molecule has 3 heteroatoms. The molecule has 96 valence electrons. The van der Waals surface area contributed by atoms with E-state index >= 15 is 0 Å². The fraction of sp³-hybridized carbons (Fsp3) is 0.643. The second kappa shape index (κ2) is 6.60. The highest BCUT2D eigenvalue weighted by atomic mass is 16.3. The van der Waals surface area contributed by atoms with Crippen molar-refractivity contribution in [1.82, 2.24) is 4.98 Å². The summed E-state index contributed by atoms with van der Waals surface area (Å²) in [4.78, 5) is 6.64. The van der Waals surface area contributed by atoms with Crippen molar-refractivity contribution in [2.75, 3.05) is 18.0 Å². The molecule has 0 aliphatic heterocycles. The standard InChI is InChI=1S/C14H24N2O/c1-5-14(17)13-8-7-12(9-15-13)16(6-2)10-11(3)4/h7-9,11,14,17H,5-6,10H2,1-4H3. The number of aliphatic hydroxyl groups excluding tert-OH is 1. The van der Waals surface area contributed by atoms with Crippen molar-refractivity contribution in [3.63, 3.8) is 0 Å². The lowest BCUT2D eigenvalue weighted by molar-refractivity contribution is 0.169. The molecule has 0 saturated carbocycles. The van der Waals surface area contributed by atoms with E-state index in [1.54, 1.807) is 0 Å². The Morgan fingerprint density at radius 3 is 2.41 bits per heavy atom. The van der Waals surface area contributed by atoms with Crippen molar-refractivity contribution in [3.05, 3.63) is 24.0 Å². The number of anilines is 1. The third kappa shape index (κ3) is 4.00. The maximum atomic E-state index is 9.69. The molecular weight excluding hydrogens is 212 g/mol. The molecule has 1 rings (SSSR count). The minimum Gasteiger partial charge on any atom is -0.387 e. The first-order valence-electron chi connectivity index (χ1n) is 6.47. The van der Waals surface area contributed by atoms with Crippen LogP contribution in [-0.2, 0) is 0 Å². The molecule has 0 saturated heterocycles. The molecule has 1 unspecified atom stereocenters. The summed E-state index contributed by atoms with van der Waals surface area (Å²) in [7, 11) is 0. The largest absolute Gasteiger partial charge is 0.387 e. The highest BCUT2D eigenvalue weighted by Crippen LogP contribution is 2.19. The quantitative estimate of drug-likeness (QED) is 0.825. The molecule has 0 bridgehead atoms. The van der Waals surface area contributed by atoms with Gasteiger partial charge >= 0.3 is 0 Å². The SMILES string of the molecule is CCC(O)c1ccc(N(CC)CC(C)C)cn1. The first-order valence-corrected chi connectivity index (χ1v) is 6.47. The fourth-order valence-electron chi connectivity index (χ4n) is 1.85. The Hall–Kier alpha value is -1.09. The van der Waals surface area contributed by atoms with Crippen molar-refractivity contribution in [2.45, 2.75) is 40.2 Å². The van der Waals surface area contributed by atoms with Gasteiger partial charge in [-0.2, -0.15) is 0 Å². The van der Waals surface area contributed by atoms with Gasteiger partial charge in [0.1, 0.15) is 0 Å². The smallest absolute Gasteiger partial charge is 0.0957 e. The predicted octanol–water partition coefficient (Wildman–Crippen LogP) is 3.01. The zero-order valence-corrected chi connectivity index (χ0v) is 11.3. The van der Waals surface area contributed by atoms with Gasteiger partial charge in [-0.15, -0.1) is 0 Å². The predicted molar refractivity (Wildman–Crippen MR) is 72.2 cm³/mol. The van der Waals surface area contributed by atoms with Gasteiger partial charge in [0.25, 0.3) is 0 Å². The number of hydrogen-bond acceptors (Lipinski definition) is 3. The lowest BCUT2D eigenvalue weighted by Crippen LogP contribution is -2.27. The molecule has 1 atom stereocenters. The van der Waals surface area contributed by atoms with Crippen LogP contribution in [0.1, 0.15) is 45.9 Å². The van der Waals surface area contributed by atoms with Crippen molar-refractivity contribution < 1.29 is 5.11 Å². The minimum atomic E-state index is -0.441. The number of rotatable bonds is 6. The van der Waals surface area contributed by atoms with Crippen LogP contribution >= 0.6 is 0 Å². The molecule has 1 aromatic heterocycles. The molecule has 0 amide bonds. The molecule has 0 aliphatic rings. The third-order valence-corrected chi connectivity index (χ3v) is 2.83. The van der Waals surface area contributed by atoms with Gasteiger partial charge in [0.05, 0.1) is 23.7 Å². The molecule has 0 radical (unpaired) electrons. The van der Waals surface area contributed by atoms with E-state index in [1.165, 1.54) is 0 Å². The fourth-order valence-corrected chi connectivity index (χ4v) is 1.85. The zero-order chi connectivity index (χ0) is 12.8. The lowest BCUT2D eigenvalue weighted by atomic mass is 10.1. The van der Waals surface area contributed by atoms with Crippen molar-refractivity contribution in [1.29, 1.82) is 0 Å². The van der Waals surface area contributed by atoms with Crippen molar-refractivity contribution in [2.24, 2.45) is 5.92 Å². The summed E-state index contributed by atoms with van der Waals surface area (Å²) in [6.07, 6.45) is 2.12. The van der Waals surface area contributed by atoms with E-state index < -0.39 is 6.10 Å². The van der Waals surface area contributed by atoms with Crippen LogP contribution in [-0.4, -0.2) is 23.2 Å². The van der Waals surface area contributed by atoms with Crippen LogP contribution in [0.3, 0.4) is 0 Å². The molecule has 0 aromatic carbocycles. The zero-order valence-electron chi connectivity index (χ0n) is 11.3. The van der Waals surface area contributed by atoms with Crippen LogP contribution < -0.4 is 4.90 Å². The first kappa shape index (κ1) is 14.0. The number of aliphatic hydroxyl groups is 1. The van der Waals surface area contributed by atoms with E-state index in [0.717, 1.165) is 24.5 Å². The van der Waals surface area contributed by atoms with Crippen LogP contribution in [0.4, 0.5) is 5.69 Å². The lowest BCUT2D eigenvalue weighted by Gasteiger charge is -2.25. The van der Waals surface area contributed by atoms with Crippen LogP contribution in [0.2, 0.25) is 0 Å². The van der Waals surface area contributed by atoms with E-state index in [1.807, 2.05) is 25.3 Å². The molecule has 17 heavy (non-hydrogen) atoms. The summed E-state index contributed by atoms with van der Waals surface area (Å²) in [5.74, 6) is 0.635. The highest BCUT2D eigenvalue weighted by molar-refractivity contribution is 5.44. The Morgan fingerprint density at radius 1 is 1.29 bits per heavy atom. The molecule has 0 fully saturated rings. The minimum absolute atomic E-state index is 0.441. The van der Waals surface area contributed by atoms with Crippen LogP contribution in [0.15, 0.2) is 18.3 Å². The van der Waals surface area contributed by atoms with Gasteiger partial charge in [-0.1, -0.05) is 20.8 Å². The van der Waals surface area contributed by atoms with E-state index in [0.29, 0.717) is 12.3 Å². The van der Waals surface area contributed by atoms with Crippen LogP contribution in [0, 0.1) is 5.92 Å². The summed E-state index contributed by atoms with van der Waals surface area (Å²) in [5, 5.41) is 9.69. The molecular formula is C14H24N2O. The first-order chi connectivity index (χ1) is 8.08. The summed E-state index contributed by atoms with van der Waals surface area (Å²) in [6.45, 7) is 10.6. The number of nitrogens with zero attached hydrogens (tertiary/aromatic N) is 2. The third-order valence-electron chi connectivity index (χ3n) is 2.83. The van der Waals surface area contributed by atoms with Crippen LogP contribution in [0.25, 0.3) is 0 Å². The number of hydrogen-bond donors (Lipinski definition) is 1. The number of aromatic nitrogens is 1. The molecule has 3 nitrogen and oxygen atoms in total. The van der Waals surface area contributed by atoms with Crippen molar-refractivity contribution >= 4 is 5.69 Å².